The minimum Gasteiger partial charge on any atom is -0.497 e. The van der Waals surface area contributed by atoms with Crippen molar-refractivity contribution in [2.45, 2.75) is 12.1 Å². The van der Waals surface area contributed by atoms with E-state index in [0.717, 1.165) is 28.5 Å². The van der Waals surface area contributed by atoms with Crippen LogP contribution in [0.5, 0.6) is 11.5 Å². The van der Waals surface area contributed by atoms with Crippen LogP contribution in [0.1, 0.15) is 23.5 Å². The number of nitrogens with one attached hydrogen (secondary N) is 1. The average Bonchev–Trinajstić information content (AvgIpc) is 3.49. The Morgan fingerprint density at radius 1 is 0.939 bits per heavy atom. The van der Waals surface area contributed by atoms with Gasteiger partial charge in [-0.3, -0.25) is 4.98 Å². The fourth-order valence-corrected chi connectivity index (χ4v) is 4.50. The van der Waals surface area contributed by atoms with E-state index in [-0.39, 0.29) is 12.1 Å². The molecule has 7 heteroatoms. The maximum Gasteiger partial charge on any atom is 0.174 e. The highest BCUT2D eigenvalue weighted by atomic mass is 32.1. The third-order valence-corrected chi connectivity index (χ3v) is 6.03. The summed E-state index contributed by atoms with van der Waals surface area (Å²) in [6.45, 7) is 0. The van der Waals surface area contributed by atoms with E-state index in [1.54, 1.807) is 20.4 Å². The molecule has 0 amide bonds. The monoisotopic (exact) mass is 457 g/mol. The van der Waals surface area contributed by atoms with E-state index < -0.39 is 0 Å². The standard InChI is InChI=1S/C26H23N3O3S/c1-30-18-11-12-22(31-2)20(16-18)29-25(24(28-26(29)33)19-10-6-7-15-27-19)23-14-13-21(32-23)17-8-4-3-5-9-17/h3-16,24-25H,1-2H3,(H,28,33)/t24-,25+/m1/s1. The largest absolute Gasteiger partial charge is 0.497 e. The Bertz CT molecular complexity index is 1260. The van der Waals surface area contributed by atoms with Gasteiger partial charge >= 0.3 is 0 Å². The van der Waals surface area contributed by atoms with Crippen LogP contribution in [0.15, 0.2) is 89.5 Å². The topological polar surface area (TPSA) is 59.8 Å². The van der Waals surface area contributed by atoms with E-state index in [1.807, 2.05) is 83.8 Å². The molecule has 1 fully saturated rings. The van der Waals surface area contributed by atoms with Gasteiger partial charge in [-0.15, -0.1) is 0 Å². The number of hydrogen-bond donors (Lipinski definition) is 1. The van der Waals surface area contributed by atoms with Crippen LogP contribution in [0.4, 0.5) is 5.69 Å². The highest BCUT2D eigenvalue weighted by Crippen LogP contribution is 2.46. The molecule has 5 rings (SSSR count). The number of thiocarbonyl (C=S) groups is 1. The minimum atomic E-state index is -0.286. The first-order valence-electron chi connectivity index (χ1n) is 10.6. The van der Waals surface area contributed by atoms with Crippen LogP contribution in [0.25, 0.3) is 11.3 Å². The van der Waals surface area contributed by atoms with Crippen molar-refractivity contribution in [1.82, 2.24) is 10.3 Å². The lowest BCUT2D eigenvalue weighted by Crippen LogP contribution is -2.29. The molecule has 1 aliphatic heterocycles. The Kier molecular flexibility index (Phi) is 5.71. The number of aromatic nitrogens is 1. The second-order valence-corrected chi connectivity index (χ2v) is 7.99. The number of anilines is 1. The molecule has 1 aliphatic rings. The van der Waals surface area contributed by atoms with Gasteiger partial charge in [0.2, 0.25) is 0 Å². The van der Waals surface area contributed by atoms with Gasteiger partial charge in [0, 0.05) is 17.8 Å². The molecule has 0 bridgehead atoms. The number of pyridine rings is 1. The van der Waals surface area contributed by atoms with Gasteiger partial charge in [-0.25, -0.2) is 0 Å². The summed E-state index contributed by atoms with van der Waals surface area (Å²) >= 11 is 5.81. The summed E-state index contributed by atoms with van der Waals surface area (Å²) in [6, 6.07) is 25.0. The molecule has 3 heterocycles. The molecule has 2 aromatic carbocycles. The molecular weight excluding hydrogens is 434 g/mol. The van der Waals surface area contributed by atoms with Gasteiger partial charge in [0.25, 0.3) is 0 Å². The Balaban J connectivity index is 1.64. The van der Waals surface area contributed by atoms with Gasteiger partial charge in [0.05, 0.1) is 31.6 Å². The van der Waals surface area contributed by atoms with Crippen molar-refractivity contribution >= 4 is 23.0 Å². The van der Waals surface area contributed by atoms with E-state index in [9.17, 15) is 0 Å². The first-order chi connectivity index (χ1) is 16.2. The highest BCUT2D eigenvalue weighted by Gasteiger charge is 2.43. The first-order valence-corrected chi connectivity index (χ1v) is 11.0. The summed E-state index contributed by atoms with van der Waals surface area (Å²) in [7, 11) is 3.28. The fourth-order valence-electron chi connectivity index (χ4n) is 4.16. The third kappa shape index (κ3) is 3.91. The van der Waals surface area contributed by atoms with Crippen LogP contribution in [-0.2, 0) is 0 Å². The average molecular weight is 458 g/mol. The fraction of sp³-hybridized carbons (Fsp3) is 0.154. The van der Waals surface area contributed by atoms with Gasteiger partial charge in [-0.1, -0.05) is 36.4 Å². The molecular formula is C26H23N3O3S. The first kappa shape index (κ1) is 21.0. The van der Waals surface area contributed by atoms with Gasteiger partial charge in [-0.2, -0.15) is 0 Å². The Morgan fingerprint density at radius 2 is 1.76 bits per heavy atom. The SMILES string of the molecule is COc1ccc(OC)c(N2C(=S)N[C@H](c3ccccn3)[C@@H]2c2ccc(-c3ccccc3)o2)c1. The molecule has 33 heavy (non-hydrogen) atoms. The van der Waals surface area contributed by atoms with E-state index in [4.69, 9.17) is 26.1 Å². The van der Waals surface area contributed by atoms with E-state index >= 15 is 0 Å². The maximum absolute atomic E-state index is 6.39. The summed E-state index contributed by atoms with van der Waals surface area (Å²) in [5, 5.41) is 4.00. The van der Waals surface area contributed by atoms with Crippen LogP contribution in [0.3, 0.4) is 0 Å². The van der Waals surface area contributed by atoms with Gasteiger partial charge in [0.15, 0.2) is 5.11 Å². The number of nitrogens with zero attached hydrogens (tertiary/aromatic N) is 2. The zero-order valence-electron chi connectivity index (χ0n) is 18.3. The lowest BCUT2D eigenvalue weighted by molar-refractivity contribution is 0.400. The second kappa shape index (κ2) is 8.96. The summed E-state index contributed by atoms with van der Waals surface area (Å²) in [6.07, 6.45) is 1.78. The van der Waals surface area contributed by atoms with Crippen molar-refractivity contribution < 1.29 is 13.9 Å². The van der Waals surface area contributed by atoms with Crippen LogP contribution in [0, 0.1) is 0 Å². The molecule has 0 aliphatic carbocycles. The lowest BCUT2D eigenvalue weighted by atomic mass is 10.0. The van der Waals surface area contributed by atoms with Crippen LogP contribution in [-0.4, -0.2) is 24.3 Å². The Morgan fingerprint density at radius 3 is 2.48 bits per heavy atom. The third-order valence-electron chi connectivity index (χ3n) is 5.72. The summed E-state index contributed by atoms with van der Waals surface area (Å²) in [5.74, 6) is 2.95. The second-order valence-electron chi connectivity index (χ2n) is 7.60. The molecule has 1 N–H and O–H groups in total. The van der Waals surface area contributed by atoms with Crippen molar-refractivity contribution in [2.75, 3.05) is 19.1 Å². The van der Waals surface area contributed by atoms with Crippen molar-refractivity contribution in [3.8, 4) is 22.8 Å². The number of hydrogen-bond acceptors (Lipinski definition) is 5. The van der Waals surface area contributed by atoms with Gasteiger partial charge < -0.3 is 24.1 Å². The van der Waals surface area contributed by atoms with E-state index in [1.165, 1.54) is 0 Å². The number of benzene rings is 2. The number of ether oxygens (including phenoxy) is 2. The smallest absolute Gasteiger partial charge is 0.174 e. The highest BCUT2D eigenvalue weighted by molar-refractivity contribution is 7.80. The summed E-state index contributed by atoms with van der Waals surface area (Å²) in [4.78, 5) is 6.61. The summed E-state index contributed by atoms with van der Waals surface area (Å²) < 4.78 is 17.6. The van der Waals surface area contributed by atoms with E-state index in [0.29, 0.717) is 16.6 Å². The molecule has 0 saturated carbocycles. The molecule has 4 aromatic rings. The molecule has 0 radical (unpaired) electrons. The number of furan rings is 1. The number of methoxy groups -OCH3 is 2. The van der Waals surface area contributed by atoms with Crippen molar-refractivity contribution in [3.05, 3.63) is 96.5 Å². The zero-order valence-corrected chi connectivity index (χ0v) is 19.1. The van der Waals surface area contributed by atoms with Crippen LogP contribution >= 0.6 is 12.2 Å². The normalized spacial score (nSPS) is 17.6. The van der Waals surface area contributed by atoms with Crippen LogP contribution in [0.2, 0.25) is 0 Å². The van der Waals surface area contributed by atoms with Crippen LogP contribution < -0.4 is 19.7 Å². The Hall–Kier alpha value is -3.84. The maximum atomic E-state index is 6.39. The Labute approximate surface area is 197 Å². The van der Waals surface area contributed by atoms with Crippen molar-refractivity contribution in [2.24, 2.45) is 0 Å². The van der Waals surface area contributed by atoms with E-state index in [2.05, 4.69) is 10.3 Å². The lowest BCUT2D eigenvalue weighted by Gasteiger charge is -2.27. The molecule has 2 atom stereocenters. The predicted molar refractivity (Wildman–Crippen MR) is 132 cm³/mol. The zero-order chi connectivity index (χ0) is 22.8. The van der Waals surface area contributed by atoms with Crippen molar-refractivity contribution in [3.63, 3.8) is 0 Å². The van der Waals surface area contributed by atoms with Gasteiger partial charge in [0.1, 0.15) is 29.1 Å². The molecule has 1 saturated heterocycles. The van der Waals surface area contributed by atoms with Gasteiger partial charge in [-0.05, 0) is 48.6 Å². The number of rotatable bonds is 6. The molecule has 2 aromatic heterocycles. The molecule has 0 unspecified atom stereocenters. The molecule has 0 spiro atoms. The summed E-state index contributed by atoms with van der Waals surface area (Å²) in [5.41, 5.74) is 2.67. The van der Waals surface area contributed by atoms with Crippen molar-refractivity contribution in [1.29, 1.82) is 0 Å². The minimum absolute atomic E-state index is 0.218. The molecule has 166 valence electrons. The molecule has 6 nitrogen and oxygen atoms in total. The predicted octanol–water partition coefficient (Wildman–Crippen LogP) is 5.54. The quantitative estimate of drug-likeness (QED) is 0.382.